The molecule has 0 aliphatic carbocycles. The Morgan fingerprint density at radius 3 is 2.80 bits per heavy atom. The van der Waals surface area contributed by atoms with Crippen LogP contribution in [0.2, 0.25) is 0 Å². The van der Waals surface area contributed by atoms with Gasteiger partial charge in [0.1, 0.15) is 5.82 Å². The van der Waals surface area contributed by atoms with Crippen molar-refractivity contribution in [3.8, 4) is 0 Å². The van der Waals surface area contributed by atoms with Crippen molar-refractivity contribution >= 4 is 34.7 Å². The molecule has 35 heavy (non-hydrogen) atoms. The molecule has 0 radical (unpaired) electrons. The zero-order valence-electron chi connectivity index (χ0n) is 19.9. The number of amidine groups is 1. The molecule has 0 bridgehead atoms. The first kappa shape index (κ1) is 25.0. The van der Waals surface area contributed by atoms with E-state index in [0.29, 0.717) is 54.5 Å². The largest absolute Gasteiger partial charge is 0.466 e. The van der Waals surface area contributed by atoms with Gasteiger partial charge in [0.15, 0.2) is 5.17 Å². The molecule has 186 valence electrons. The molecule has 3 heterocycles. The number of carbonyl (C=O) groups excluding carboxylic acids is 3. The number of allylic oxidation sites excluding steroid dienone is 1. The standard InChI is InChI=1S/C25H29FN4O4S/c1-3-19-22(24(33)34-2)23(17-8-4-5-9-18(17)26)30-16(15-35-25(30)28-19)14-20(31)27-11-7-13-29-12-6-10-21(29)32/h4-5,8-9,15,23H,3,6-7,10-14H2,1-2H3,(H,27,31). The maximum atomic E-state index is 15.0. The van der Waals surface area contributed by atoms with Gasteiger partial charge in [-0.2, -0.15) is 0 Å². The molecule has 8 nitrogen and oxygen atoms in total. The summed E-state index contributed by atoms with van der Waals surface area (Å²) in [4.78, 5) is 45.5. The molecule has 4 rings (SSSR count). The average molecular weight is 501 g/mol. The van der Waals surface area contributed by atoms with E-state index in [2.05, 4.69) is 10.3 Å². The second-order valence-electron chi connectivity index (χ2n) is 8.49. The van der Waals surface area contributed by atoms with E-state index in [1.165, 1.54) is 24.9 Å². The summed E-state index contributed by atoms with van der Waals surface area (Å²) in [6.07, 6.45) is 2.69. The van der Waals surface area contributed by atoms with Crippen LogP contribution in [0, 0.1) is 5.82 Å². The molecular formula is C25H29FN4O4S. The van der Waals surface area contributed by atoms with Gasteiger partial charge in [-0.05, 0) is 30.7 Å². The molecule has 1 atom stereocenters. The van der Waals surface area contributed by atoms with Crippen LogP contribution >= 0.6 is 11.8 Å². The van der Waals surface area contributed by atoms with E-state index in [4.69, 9.17) is 4.74 Å². The zero-order valence-corrected chi connectivity index (χ0v) is 20.7. The second kappa shape index (κ2) is 11.1. The Balaban J connectivity index is 1.51. The Kier molecular flexibility index (Phi) is 7.90. The molecule has 3 aliphatic heterocycles. The number of hydrogen-bond acceptors (Lipinski definition) is 7. The van der Waals surface area contributed by atoms with Gasteiger partial charge in [-0.3, -0.25) is 9.59 Å². The summed E-state index contributed by atoms with van der Waals surface area (Å²) in [5.41, 5.74) is 1.76. The van der Waals surface area contributed by atoms with Crippen LogP contribution in [-0.4, -0.2) is 59.5 Å². The number of methoxy groups -OCH3 is 1. The van der Waals surface area contributed by atoms with E-state index in [9.17, 15) is 18.8 Å². The summed E-state index contributed by atoms with van der Waals surface area (Å²) < 4.78 is 20.0. The third kappa shape index (κ3) is 5.27. The van der Waals surface area contributed by atoms with Crippen molar-refractivity contribution in [2.75, 3.05) is 26.7 Å². The number of benzene rings is 1. The number of fused-ring (bicyclic) bond motifs is 1. The third-order valence-corrected chi connectivity index (χ3v) is 7.16. The Morgan fingerprint density at radius 2 is 2.11 bits per heavy atom. The molecule has 1 fully saturated rings. The Bertz CT molecular complexity index is 1120. The van der Waals surface area contributed by atoms with Gasteiger partial charge in [0.05, 0.1) is 30.8 Å². The van der Waals surface area contributed by atoms with Crippen LogP contribution in [-0.2, 0) is 19.1 Å². The van der Waals surface area contributed by atoms with E-state index in [1.54, 1.807) is 23.1 Å². The summed E-state index contributed by atoms with van der Waals surface area (Å²) in [7, 11) is 1.29. The quantitative estimate of drug-likeness (QED) is 0.412. The van der Waals surface area contributed by atoms with Gasteiger partial charge in [-0.25, -0.2) is 14.2 Å². The summed E-state index contributed by atoms with van der Waals surface area (Å²) in [5, 5.41) is 5.32. The lowest BCUT2D eigenvalue weighted by atomic mass is 9.92. The van der Waals surface area contributed by atoms with Crippen LogP contribution in [0.15, 0.2) is 51.6 Å². The molecule has 0 saturated carbocycles. The first-order valence-electron chi connectivity index (χ1n) is 11.8. The van der Waals surface area contributed by atoms with Gasteiger partial charge in [-0.1, -0.05) is 36.9 Å². The number of carbonyl (C=O) groups is 3. The van der Waals surface area contributed by atoms with Gasteiger partial charge >= 0.3 is 5.97 Å². The number of thioether (sulfide) groups is 1. The van der Waals surface area contributed by atoms with Crippen LogP contribution in [0.5, 0.6) is 0 Å². The van der Waals surface area contributed by atoms with Gasteiger partial charge in [0, 0.05) is 37.3 Å². The number of esters is 1. The fourth-order valence-corrected chi connectivity index (χ4v) is 5.51. The van der Waals surface area contributed by atoms with E-state index in [-0.39, 0.29) is 23.8 Å². The number of likely N-dealkylation sites (tertiary alicyclic amines) is 1. The Hall–Kier alpha value is -3.14. The summed E-state index contributed by atoms with van der Waals surface area (Å²) in [5.74, 6) is -1.05. The second-order valence-corrected chi connectivity index (χ2v) is 9.32. The molecule has 1 aromatic rings. The highest BCUT2D eigenvalue weighted by molar-refractivity contribution is 8.16. The summed E-state index contributed by atoms with van der Waals surface area (Å²) in [6.45, 7) is 3.74. The number of nitrogens with one attached hydrogen (secondary N) is 1. The van der Waals surface area contributed by atoms with E-state index in [0.717, 1.165) is 13.0 Å². The number of amides is 2. The summed E-state index contributed by atoms with van der Waals surface area (Å²) >= 11 is 1.35. The minimum atomic E-state index is -0.790. The number of nitrogens with zero attached hydrogens (tertiary/aromatic N) is 3. The SMILES string of the molecule is CCC1=C(C(=O)OC)C(c2ccccc2F)N2C(CC(=O)NCCCN3CCCC3=O)=CSC2=N1. The minimum Gasteiger partial charge on any atom is -0.466 e. The van der Waals surface area contributed by atoms with E-state index >= 15 is 0 Å². The van der Waals surface area contributed by atoms with Crippen molar-refractivity contribution in [2.45, 2.75) is 45.1 Å². The molecule has 3 aliphatic rings. The predicted octanol–water partition coefficient (Wildman–Crippen LogP) is 3.48. The van der Waals surface area contributed by atoms with Crippen molar-refractivity contribution in [3.63, 3.8) is 0 Å². The fourth-order valence-electron chi connectivity index (χ4n) is 4.57. The normalized spacial score (nSPS) is 19.5. The number of halogens is 1. The lowest BCUT2D eigenvalue weighted by molar-refractivity contribution is -0.137. The molecule has 1 aromatic carbocycles. The molecule has 1 saturated heterocycles. The van der Waals surface area contributed by atoms with E-state index < -0.39 is 17.8 Å². The van der Waals surface area contributed by atoms with Gasteiger partial charge in [0.25, 0.3) is 0 Å². The van der Waals surface area contributed by atoms with E-state index in [1.807, 2.05) is 17.2 Å². The first-order chi connectivity index (χ1) is 16.9. The van der Waals surface area contributed by atoms with Crippen LogP contribution in [0.1, 0.15) is 50.6 Å². The number of rotatable bonds is 9. The van der Waals surface area contributed by atoms with Crippen molar-refractivity contribution in [1.29, 1.82) is 0 Å². The van der Waals surface area contributed by atoms with Crippen LogP contribution in [0.3, 0.4) is 0 Å². The summed E-state index contributed by atoms with van der Waals surface area (Å²) in [6, 6.07) is 5.51. The van der Waals surface area contributed by atoms with Crippen LogP contribution in [0.4, 0.5) is 4.39 Å². The Morgan fingerprint density at radius 1 is 1.31 bits per heavy atom. The predicted molar refractivity (Wildman–Crippen MR) is 131 cm³/mol. The number of ether oxygens (including phenoxy) is 1. The average Bonchev–Trinajstić information content (AvgIpc) is 3.46. The maximum absolute atomic E-state index is 15.0. The number of hydrogen-bond donors (Lipinski definition) is 1. The smallest absolute Gasteiger partial charge is 0.338 e. The highest BCUT2D eigenvalue weighted by Crippen LogP contribution is 2.45. The fraction of sp³-hybridized carbons (Fsp3) is 0.440. The lowest BCUT2D eigenvalue weighted by Crippen LogP contribution is -2.38. The van der Waals surface area contributed by atoms with Crippen LogP contribution in [0.25, 0.3) is 0 Å². The molecule has 0 aromatic heterocycles. The number of aliphatic imine (C=N–C) groups is 1. The monoisotopic (exact) mass is 500 g/mol. The minimum absolute atomic E-state index is 0.0511. The van der Waals surface area contributed by atoms with Crippen molar-refractivity contribution in [2.24, 2.45) is 4.99 Å². The topological polar surface area (TPSA) is 91.3 Å². The molecular weight excluding hydrogens is 471 g/mol. The van der Waals surface area contributed by atoms with Crippen molar-refractivity contribution in [3.05, 3.63) is 58.0 Å². The first-order valence-corrected chi connectivity index (χ1v) is 12.7. The highest BCUT2D eigenvalue weighted by Gasteiger charge is 2.42. The van der Waals surface area contributed by atoms with Gasteiger partial charge in [0.2, 0.25) is 11.8 Å². The Labute approximate surface area is 208 Å². The van der Waals surface area contributed by atoms with Gasteiger partial charge < -0.3 is 19.9 Å². The maximum Gasteiger partial charge on any atom is 0.338 e. The lowest BCUT2D eigenvalue weighted by Gasteiger charge is -2.36. The zero-order chi connectivity index (χ0) is 24.9. The molecule has 1 N–H and O–H groups in total. The highest BCUT2D eigenvalue weighted by atomic mass is 32.2. The molecule has 0 spiro atoms. The molecule has 10 heteroatoms. The van der Waals surface area contributed by atoms with Gasteiger partial charge in [-0.15, -0.1) is 0 Å². The van der Waals surface area contributed by atoms with Crippen molar-refractivity contribution in [1.82, 2.24) is 15.1 Å². The molecule has 2 amide bonds. The van der Waals surface area contributed by atoms with Crippen molar-refractivity contribution < 1.29 is 23.5 Å². The third-order valence-electron chi connectivity index (χ3n) is 6.27. The molecule has 1 unspecified atom stereocenters. The van der Waals surface area contributed by atoms with Crippen LogP contribution < -0.4 is 5.32 Å².